The maximum absolute atomic E-state index is 13.1. The molecule has 4 heterocycles. The monoisotopic (exact) mass is 481 g/mol. The molecule has 36 heavy (non-hydrogen) atoms. The van der Waals surface area contributed by atoms with E-state index in [2.05, 4.69) is 69.6 Å². The Morgan fingerprint density at radius 3 is 2.36 bits per heavy atom. The van der Waals surface area contributed by atoms with Crippen molar-refractivity contribution in [2.45, 2.75) is 36.8 Å². The van der Waals surface area contributed by atoms with Crippen molar-refractivity contribution in [1.29, 1.82) is 0 Å². The number of nitrogens with one attached hydrogen (secondary N) is 1. The Balaban J connectivity index is 1.22. The second kappa shape index (κ2) is 8.41. The molecule has 2 amide bonds. The van der Waals surface area contributed by atoms with E-state index in [4.69, 9.17) is 0 Å². The zero-order valence-electron chi connectivity index (χ0n) is 21.0. The third-order valence-electron chi connectivity index (χ3n) is 8.24. The quantitative estimate of drug-likeness (QED) is 0.469. The van der Waals surface area contributed by atoms with Crippen molar-refractivity contribution in [3.63, 3.8) is 0 Å². The Morgan fingerprint density at radius 2 is 1.67 bits per heavy atom. The second-order valence-corrected chi connectivity index (χ2v) is 10.4. The van der Waals surface area contributed by atoms with Crippen LogP contribution in [-0.2, 0) is 12.6 Å². The Labute approximate surface area is 211 Å². The molecule has 1 aliphatic heterocycles. The molecule has 0 bridgehead atoms. The van der Waals surface area contributed by atoms with Crippen molar-refractivity contribution in [3.05, 3.63) is 72.8 Å². The maximum atomic E-state index is 13.1. The van der Waals surface area contributed by atoms with Crippen LogP contribution in [0.15, 0.2) is 67.3 Å². The van der Waals surface area contributed by atoms with Crippen LogP contribution in [0.1, 0.15) is 31.2 Å². The Hall–Kier alpha value is -3.78. The van der Waals surface area contributed by atoms with Crippen LogP contribution < -0.4 is 10.2 Å². The molecule has 1 aromatic carbocycles. The van der Waals surface area contributed by atoms with E-state index in [0.29, 0.717) is 12.4 Å². The van der Waals surface area contributed by atoms with Gasteiger partial charge in [0.1, 0.15) is 5.65 Å². The number of carbonyl (C=O) groups is 1. The van der Waals surface area contributed by atoms with Gasteiger partial charge in [0.15, 0.2) is 5.82 Å². The highest BCUT2D eigenvalue weighted by Crippen LogP contribution is 2.46. The summed E-state index contributed by atoms with van der Waals surface area (Å²) in [6.07, 6.45) is 11.1. The van der Waals surface area contributed by atoms with Crippen LogP contribution in [0.25, 0.3) is 22.4 Å². The summed E-state index contributed by atoms with van der Waals surface area (Å²) >= 11 is 0. The van der Waals surface area contributed by atoms with Gasteiger partial charge in [-0.3, -0.25) is 9.80 Å². The molecule has 0 radical (unpaired) electrons. The van der Waals surface area contributed by atoms with Crippen LogP contribution in [0.2, 0.25) is 0 Å². The molecular weight excluding hydrogens is 450 g/mol. The highest BCUT2D eigenvalue weighted by atomic mass is 16.2. The van der Waals surface area contributed by atoms with Crippen LogP contribution in [-0.4, -0.2) is 56.6 Å². The minimum atomic E-state index is -0.231. The third-order valence-corrected chi connectivity index (χ3v) is 8.24. The number of hydrogen-bond donors (Lipinski definition) is 1. The fourth-order valence-electron chi connectivity index (χ4n) is 6.04. The van der Waals surface area contributed by atoms with Crippen molar-refractivity contribution in [3.8, 4) is 11.4 Å². The maximum Gasteiger partial charge on any atom is 0.322 e. The Kier molecular flexibility index (Phi) is 5.30. The average molecular weight is 482 g/mol. The average Bonchev–Trinajstić information content (AvgIpc) is 3.44. The van der Waals surface area contributed by atoms with E-state index in [1.54, 1.807) is 23.5 Å². The molecule has 4 aromatic rings. The van der Waals surface area contributed by atoms with E-state index in [0.717, 1.165) is 48.0 Å². The van der Waals surface area contributed by atoms with Gasteiger partial charge in [-0.05, 0) is 57.5 Å². The molecule has 8 nitrogen and oxygen atoms in total. The summed E-state index contributed by atoms with van der Waals surface area (Å²) < 4.78 is 1.98. The number of nitrogens with zero attached hydrogens (tertiary/aromatic N) is 6. The minimum absolute atomic E-state index is 0.0112. The highest BCUT2D eigenvalue weighted by Gasteiger charge is 2.50. The molecule has 3 aromatic heterocycles. The zero-order chi connectivity index (χ0) is 24.9. The molecular formula is C28H31N7O. The first-order chi connectivity index (χ1) is 17.4. The van der Waals surface area contributed by atoms with Gasteiger partial charge in [0, 0.05) is 35.9 Å². The van der Waals surface area contributed by atoms with Gasteiger partial charge in [-0.15, -0.1) is 0 Å². The predicted octanol–water partition coefficient (Wildman–Crippen LogP) is 4.33. The zero-order valence-corrected chi connectivity index (χ0v) is 21.0. The van der Waals surface area contributed by atoms with E-state index in [1.165, 1.54) is 5.56 Å². The van der Waals surface area contributed by atoms with E-state index >= 15 is 0 Å². The Bertz CT molecular complexity index is 1400. The molecule has 2 aliphatic rings. The number of anilines is 1. The number of amides is 2. The fourth-order valence-corrected chi connectivity index (χ4v) is 6.04. The molecule has 0 atom stereocenters. The van der Waals surface area contributed by atoms with Crippen LogP contribution in [0, 0.1) is 0 Å². The second-order valence-electron chi connectivity index (χ2n) is 10.4. The van der Waals surface area contributed by atoms with E-state index in [-0.39, 0.29) is 17.1 Å². The Morgan fingerprint density at radius 1 is 0.944 bits per heavy atom. The molecule has 0 unspecified atom stereocenters. The van der Waals surface area contributed by atoms with Crippen LogP contribution in [0.4, 0.5) is 10.5 Å². The number of fused-ring (bicyclic) bond motifs is 1. The SMILES string of the molecule is Cn1ccc2c(-c3ncc(N4C[C@]5(CC[C@](c6ccccc6)(N(C)C)CC5)NC4=O)cn3)ccnc21. The van der Waals surface area contributed by atoms with Gasteiger partial charge < -0.3 is 9.88 Å². The molecule has 8 heteroatoms. The van der Waals surface area contributed by atoms with Crippen molar-refractivity contribution >= 4 is 22.8 Å². The first-order valence-corrected chi connectivity index (χ1v) is 12.5. The smallest absolute Gasteiger partial charge is 0.322 e. The van der Waals surface area contributed by atoms with Crippen LogP contribution in [0.5, 0.6) is 0 Å². The number of rotatable bonds is 4. The number of benzene rings is 1. The molecule has 2 fully saturated rings. The summed E-state index contributed by atoms with van der Waals surface area (Å²) in [7, 11) is 6.30. The third kappa shape index (κ3) is 3.55. The summed E-state index contributed by atoms with van der Waals surface area (Å²) in [5.74, 6) is 0.628. The molecule has 1 N–H and O–H groups in total. The van der Waals surface area contributed by atoms with Crippen molar-refractivity contribution in [2.75, 3.05) is 25.5 Å². The van der Waals surface area contributed by atoms with Crippen LogP contribution >= 0.6 is 0 Å². The normalized spacial score (nSPS) is 24.1. The number of hydrogen-bond acceptors (Lipinski definition) is 5. The summed E-state index contributed by atoms with van der Waals surface area (Å²) in [4.78, 5) is 30.9. The lowest BCUT2D eigenvalue weighted by Crippen LogP contribution is -2.54. The predicted molar refractivity (Wildman–Crippen MR) is 141 cm³/mol. The molecule has 184 valence electrons. The minimum Gasteiger partial charge on any atom is -0.336 e. The van der Waals surface area contributed by atoms with Gasteiger partial charge in [-0.2, -0.15) is 0 Å². The van der Waals surface area contributed by atoms with Crippen molar-refractivity contribution < 1.29 is 4.79 Å². The van der Waals surface area contributed by atoms with E-state index in [1.807, 2.05) is 29.9 Å². The lowest BCUT2D eigenvalue weighted by atomic mass is 9.69. The molecule has 6 rings (SSSR count). The van der Waals surface area contributed by atoms with Gasteiger partial charge >= 0.3 is 6.03 Å². The van der Waals surface area contributed by atoms with Gasteiger partial charge in [-0.1, -0.05) is 30.3 Å². The largest absolute Gasteiger partial charge is 0.336 e. The van der Waals surface area contributed by atoms with Crippen molar-refractivity contribution in [1.82, 2.24) is 29.7 Å². The summed E-state index contributed by atoms with van der Waals surface area (Å²) in [5, 5.41) is 4.33. The molecule has 1 saturated carbocycles. The van der Waals surface area contributed by atoms with Crippen LogP contribution in [0.3, 0.4) is 0 Å². The number of aryl methyl sites for hydroxylation is 1. The van der Waals surface area contributed by atoms with Gasteiger partial charge in [0.05, 0.1) is 30.2 Å². The molecule has 1 aliphatic carbocycles. The van der Waals surface area contributed by atoms with Crippen molar-refractivity contribution in [2.24, 2.45) is 7.05 Å². The number of aromatic nitrogens is 4. The standard InChI is InChI=1S/C28H31N7O/c1-33(2)28(20-7-5-4-6-8-20)13-11-27(12-14-28)19-35(26(36)32-27)21-17-30-24(31-18-21)22-9-15-29-25-23(22)10-16-34(25)3/h4-10,15-18H,11-14,19H2,1-3H3,(H,32,36)/t27-,28+. The van der Waals surface area contributed by atoms with E-state index in [9.17, 15) is 4.79 Å². The van der Waals surface area contributed by atoms with Gasteiger partial charge in [0.2, 0.25) is 0 Å². The van der Waals surface area contributed by atoms with Gasteiger partial charge in [-0.25, -0.2) is 19.7 Å². The lowest BCUT2D eigenvalue weighted by Gasteiger charge is -2.48. The van der Waals surface area contributed by atoms with Gasteiger partial charge in [0.25, 0.3) is 0 Å². The first-order valence-electron chi connectivity index (χ1n) is 12.5. The summed E-state index contributed by atoms with van der Waals surface area (Å²) in [5.41, 5.74) is 3.65. The van der Waals surface area contributed by atoms with E-state index < -0.39 is 0 Å². The fraction of sp³-hybridized carbons (Fsp3) is 0.357. The molecule has 1 spiro atoms. The molecule has 1 saturated heterocycles. The number of urea groups is 1. The summed E-state index contributed by atoms with van der Waals surface area (Å²) in [6, 6.07) is 14.6. The first kappa shape index (κ1) is 22.7. The number of pyridine rings is 1. The topological polar surface area (TPSA) is 79.2 Å². The highest BCUT2D eigenvalue weighted by molar-refractivity contribution is 5.95. The lowest BCUT2D eigenvalue weighted by molar-refractivity contribution is 0.0658. The summed E-state index contributed by atoms with van der Waals surface area (Å²) in [6.45, 7) is 0.630. The number of carbonyl (C=O) groups excluding carboxylic acids is 1.